The molecule has 2 aromatic heterocycles. The van der Waals surface area contributed by atoms with Crippen molar-refractivity contribution >= 4 is 11.3 Å². The molecule has 2 aromatic carbocycles. The van der Waals surface area contributed by atoms with Crippen molar-refractivity contribution in [2.45, 2.75) is 6.92 Å². The average Bonchev–Trinajstić information content (AvgIpc) is 2.98. The van der Waals surface area contributed by atoms with Crippen LogP contribution in [-0.2, 0) is 0 Å². The SMILES string of the molecule is Cc1ccc(-c2ccc3nnc(-c4cccc(N)c4)n3n2)cc1. The lowest BCUT2D eigenvalue weighted by atomic mass is 10.1. The van der Waals surface area contributed by atoms with E-state index in [1.165, 1.54) is 5.56 Å². The number of aromatic nitrogens is 4. The van der Waals surface area contributed by atoms with Crippen LogP contribution in [0.3, 0.4) is 0 Å². The largest absolute Gasteiger partial charge is 0.399 e. The Kier molecular flexibility index (Phi) is 3.05. The van der Waals surface area contributed by atoms with Crippen LogP contribution in [0.5, 0.6) is 0 Å². The fourth-order valence-corrected chi connectivity index (χ4v) is 2.52. The average molecular weight is 301 g/mol. The summed E-state index contributed by atoms with van der Waals surface area (Å²) in [6.07, 6.45) is 0. The van der Waals surface area contributed by atoms with E-state index in [2.05, 4.69) is 41.4 Å². The molecule has 0 atom stereocenters. The minimum atomic E-state index is 0.682. The lowest BCUT2D eigenvalue weighted by Crippen LogP contribution is -1.97. The topological polar surface area (TPSA) is 69.1 Å². The molecule has 0 aliphatic carbocycles. The van der Waals surface area contributed by atoms with Gasteiger partial charge in [0.15, 0.2) is 11.5 Å². The predicted octanol–water partition coefficient (Wildman–Crippen LogP) is 3.35. The monoisotopic (exact) mass is 301 g/mol. The summed E-state index contributed by atoms with van der Waals surface area (Å²) in [5.74, 6) is 0.682. The summed E-state index contributed by atoms with van der Waals surface area (Å²) < 4.78 is 1.75. The molecular weight excluding hydrogens is 286 g/mol. The van der Waals surface area contributed by atoms with E-state index in [1.54, 1.807) is 4.52 Å². The first-order valence-corrected chi connectivity index (χ1v) is 7.36. The third-order valence-corrected chi connectivity index (χ3v) is 3.75. The van der Waals surface area contributed by atoms with Crippen LogP contribution in [0.25, 0.3) is 28.3 Å². The number of nitrogens with zero attached hydrogens (tertiary/aromatic N) is 4. The van der Waals surface area contributed by atoms with Crippen LogP contribution >= 0.6 is 0 Å². The summed E-state index contributed by atoms with van der Waals surface area (Å²) in [7, 11) is 0. The fourth-order valence-electron chi connectivity index (χ4n) is 2.52. The molecule has 0 aliphatic heterocycles. The molecule has 5 heteroatoms. The number of fused-ring (bicyclic) bond motifs is 1. The van der Waals surface area contributed by atoms with Gasteiger partial charge in [-0.05, 0) is 31.2 Å². The molecule has 0 fully saturated rings. The van der Waals surface area contributed by atoms with Crippen LogP contribution in [0.2, 0.25) is 0 Å². The summed E-state index contributed by atoms with van der Waals surface area (Å²) in [5.41, 5.74) is 11.3. The normalized spacial score (nSPS) is 11.0. The second-order valence-electron chi connectivity index (χ2n) is 5.50. The van der Waals surface area contributed by atoms with Crippen LogP contribution in [0.1, 0.15) is 5.56 Å². The maximum absolute atomic E-state index is 5.87. The van der Waals surface area contributed by atoms with Gasteiger partial charge in [0.2, 0.25) is 0 Å². The van der Waals surface area contributed by atoms with Gasteiger partial charge in [-0.25, -0.2) is 0 Å². The van der Waals surface area contributed by atoms with Gasteiger partial charge < -0.3 is 5.73 Å². The molecule has 0 aliphatic rings. The van der Waals surface area contributed by atoms with Crippen molar-refractivity contribution in [2.24, 2.45) is 0 Å². The number of aryl methyl sites for hydroxylation is 1. The third-order valence-electron chi connectivity index (χ3n) is 3.75. The highest BCUT2D eigenvalue weighted by molar-refractivity contribution is 5.65. The lowest BCUT2D eigenvalue weighted by molar-refractivity contribution is 0.942. The highest BCUT2D eigenvalue weighted by Crippen LogP contribution is 2.22. The second-order valence-corrected chi connectivity index (χ2v) is 5.50. The molecule has 0 unspecified atom stereocenters. The van der Waals surface area contributed by atoms with Gasteiger partial charge in [-0.1, -0.05) is 42.0 Å². The first kappa shape index (κ1) is 13.5. The molecule has 5 nitrogen and oxygen atoms in total. The summed E-state index contributed by atoms with van der Waals surface area (Å²) in [6.45, 7) is 2.07. The number of rotatable bonds is 2. The van der Waals surface area contributed by atoms with Gasteiger partial charge in [-0.3, -0.25) is 0 Å². The number of nitrogens with two attached hydrogens (primary N) is 1. The minimum Gasteiger partial charge on any atom is -0.399 e. The fraction of sp³-hybridized carbons (Fsp3) is 0.0556. The zero-order chi connectivity index (χ0) is 15.8. The van der Waals surface area contributed by atoms with Gasteiger partial charge in [0.1, 0.15) is 0 Å². The molecule has 4 aromatic rings. The summed E-state index contributed by atoms with van der Waals surface area (Å²) >= 11 is 0. The molecule has 0 bridgehead atoms. The Morgan fingerprint density at radius 1 is 0.870 bits per heavy atom. The number of hydrogen-bond donors (Lipinski definition) is 1. The first-order chi connectivity index (χ1) is 11.2. The summed E-state index contributed by atoms with van der Waals surface area (Å²) in [4.78, 5) is 0. The van der Waals surface area contributed by atoms with Gasteiger partial charge in [0, 0.05) is 16.8 Å². The van der Waals surface area contributed by atoms with Crippen LogP contribution in [0.4, 0.5) is 5.69 Å². The van der Waals surface area contributed by atoms with Crippen molar-refractivity contribution in [3.63, 3.8) is 0 Å². The van der Waals surface area contributed by atoms with Gasteiger partial charge >= 0.3 is 0 Å². The Labute approximate surface area is 133 Å². The Bertz CT molecular complexity index is 986. The molecule has 23 heavy (non-hydrogen) atoms. The van der Waals surface area contributed by atoms with Crippen molar-refractivity contribution in [3.05, 3.63) is 66.2 Å². The quantitative estimate of drug-likeness (QED) is 0.576. The summed E-state index contributed by atoms with van der Waals surface area (Å²) in [5, 5.41) is 13.1. The van der Waals surface area contributed by atoms with Crippen molar-refractivity contribution in [1.29, 1.82) is 0 Å². The molecule has 2 heterocycles. The molecule has 0 saturated heterocycles. The molecular formula is C18H15N5. The second kappa shape index (κ2) is 5.21. The summed E-state index contributed by atoms with van der Waals surface area (Å²) in [6, 6.07) is 19.7. The van der Waals surface area contributed by atoms with E-state index in [9.17, 15) is 0 Å². The molecule has 0 spiro atoms. The van der Waals surface area contributed by atoms with Gasteiger partial charge in [-0.2, -0.15) is 9.61 Å². The highest BCUT2D eigenvalue weighted by Gasteiger charge is 2.11. The minimum absolute atomic E-state index is 0.682. The molecule has 0 radical (unpaired) electrons. The van der Waals surface area contributed by atoms with Gasteiger partial charge in [-0.15, -0.1) is 10.2 Å². The Morgan fingerprint density at radius 3 is 2.48 bits per heavy atom. The van der Waals surface area contributed by atoms with E-state index < -0.39 is 0 Å². The van der Waals surface area contributed by atoms with E-state index in [4.69, 9.17) is 10.8 Å². The number of benzene rings is 2. The highest BCUT2D eigenvalue weighted by atomic mass is 15.4. The van der Waals surface area contributed by atoms with Crippen molar-refractivity contribution in [3.8, 4) is 22.6 Å². The van der Waals surface area contributed by atoms with Gasteiger partial charge in [0.05, 0.1) is 5.69 Å². The standard InChI is InChI=1S/C18H15N5/c1-12-5-7-13(8-6-12)16-9-10-17-20-21-18(23(17)22-16)14-3-2-4-15(19)11-14/h2-11H,19H2,1H3. The lowest BCUT2D eigenvalue weighted by Gasteiger charge is -2.04. The number of anilines is 1. The number of hydrogen-bond acceptors (Lipinski definition) is 4. The van der Waals surface area contributed by atoms with Gasteiger partial charge in [0.25, 0.3) is 0 Å². The Hall–Kier alpha value is -3.21. The van der Waals surface area contributed by atoms with E-state index in [1.807, 2.05) is 36.4 Å². The van der Waals surface area contributed by atoms with E-state index in [0.29, 0.717) is 17.2 Å². The molecule has 2 N–H and O–H groups in total. The number of nitrogen functional groups attached to an aromatic ring is 1. The Balaban J connectivity index is 1.88. The molecule has 112 valence electrons. The third kappa shape index (κ3) is 2.42. The van der Waals surface area contributed by atoms with Crippen LogP contribution < -0.4 is 5.73 Å². The van der Waals surface area contributed by atoms with Crippen molar-refractivity contribution < 1.29 is 0 Å². The van der Waals surface area contributed by atoms with Crippen molar-refractivity contribution in [1.82, 2.24) is 19.8 Å². The molecule has 0 saturated carbocycles. The van der Waals surface area contributed by atoms with E-state index in [-0.39, 0.29) is 0 Å². The molecule has 0 amide bonds. The predicted molar refractivity (Wildman–Crippen MR) is 90.8 cm³/mol. The Morgan fingerprint density at radius 2 is 1.70 bits per heavy atom. The van der Waals surface area contributed by atoms with E-state index in [0.717, 1.165) is 16.8 Å². The zero-order valence-corrected chi connectivity index (χ0v) is 12.6. The van der Waals surface area contributed by atoms with Crippen molar-refractivity contribution in [2.75, 3.05) is 5.73 Å². The maximum Gasteiger partial charge on any atom is 0.185 e. The van der Waals surface area contributed by atoms with Crippen LogP contribution in [0, 0.1) is 6.92 Å². The molecule has 4 rings (SSSR count). The van der Waals surface area contributed by atoms with Crippen LogP contribution in [-0.4, -0.2) is 19.8 Å². The first-order valence-electron chi connectivity index (χ1n) is 7.36. The smallest absolute Gasteiger partial charge is 0.185 e. The van der Waals surface area contributed by atoms with Crippen LogP contribution in [0.15, 0.2) is 60.7 Å². The maximum atomic E-state index is 5.87. The zero-order valence-electron chi connectivity index (χ0n) is 12.6. The van der Waals surface area contributed by atoms with E-state index >= 15 is 0 Å².